The van der Waals surface area contributed by atoms with Crippen molar-refractivity contribution in [3.8, 4) is 0 Å². The van der Waals surface area contributed by atoms with E-state index in [1.165, 1.54) is 0 Å². The fourth-order valence-corrected chi connectivity index (χ4v) is 3.42. The lowest BCUT2D eigenvalue weighted by Crippen LogP contribution is -2.63. The van der Waals surface area contributed by atoms with Gasteiger partial charge in [-0.1, -0.05) is 0 Å². The number of likely N-dealkylation sites (N-methyl/N-ethyl adjacent to an activating group) is 1. The highest BCUT2D eigenvalue weighted by atomic mass is 16.2. The molecule has 126 valence electrons. The first-order valence-corrected chi connectivity index (χ1v) is 8.24. The lowest BCUT2D eigenvalue weighted by atomic mass is 9.97. The van der Waals surface area contributed by atoms with Gasteiger partial charge < -0.3 is 15.1 Å². The summed E-state index contributed by atoms with van der Waals surface area (Å²) in [5.74, 6) is -0.202. The zero-order valence-electron chi connectivity index (χ0n) is 14.1. The fourth-order valence-electron chi connectivity index (χ4n) is 3.42. The minimum absolute atomic E-state index is 0.0342. The first-order valence-electron chi connectivity index (χ1n) is 8.24. The predicted octanol–water partition coefficient (Wildman–Crippen LogP) is 0.500. The van der Waals surface area contributed by atoms with Gasteiger partial charge in [-0.25, -0.2) is 0 Å². The molecule has 2 amide bonds. The molecule has 0 spiro atoms. The van der Waals surface area contributed by atoms with Crippen molar-refractivity contribution in [3.05, 3.63) is 18.0 Å². The Kier molecular flexibility index (Phi) is 4.14. The number of nitrogens with one attached hydrogen (secondary N) is 1. The summed E-state index contributed by atoms with van der Waals surface area (Å²) in [5.41, 5.74) is -0.415. The second-order valence-electron chi connectivity index (χ2n) is 6.92. The summed E-state index contributed by atoms with van der Waals surface area (Å²) in [6, 6.07) is 2.06. The van der Waals surface area contributed by atoms with Gasteiger partial charge in [-0.15, -0.1) is 0 Å². The maximum Gasteiger partial charge on any atom is 0.275 e. The minimum atomic E-state index is -0.833. The minimum Gasteiger partial charge on any atom is -0.342 e. The number of nitrogens with zero attached hydrogens (tertiary/aromatic N) is 4. The highest BCUT2D eigenvalue weighted by Crippen LogP contribution is 2.24. The zero-order chi connectivity index (χ0) is 16.6. The summed E-state index contributed by atoms with van der Waals surface area (Å²) in [6.07, 6.45) is 4.06. The van der Waals surface area contributed by atoms with Crippen LogP contribution < -0.4 is 5.32 Å². The molecule has 2 saturated heterocycles. The van der Waals surface area contributed by atoms with Gasteiger partial charge in [0.05, 0.1) is 6.04 Å². The van der Waals surface area contributed by atoms with Crippen LogP contribution >= 0.6 is 0 Å². The maximum absolute atomic E-state index is 12.8. The number of aromatic nitrogens is 2. The average molecular weight is 319 g/mol. The Morgan fingerprint density at radius 1 is 1.39 bits per heavy atom. The summed E-state index contributed by atoms with van der Waals surface area (Å²) in [6.45, 7) is 6.61. The third kappa shape index (κ3) is 2.85. The van der Waals surface area contributed by atoms with Crippen LogP contribution in [0.2, 0.25) is 0 Å². The van der Waals surface area contributed by atoms with Gasteiger partial charge >= 0.3 is 0 Å². The Balaban J connectivity index is 1.78. The van der Waals surface area contributed by atoms with Crippen molar-refractivity contribution in [1.82, 2.24) is 24.9 Å². The number of hydrogen-bond donors (Lipinski definition) is 1. The molecule has 1 N–H and O–H groups in total. The van der Waals surface area contributed by atoms with Crippen molar-refractivity contribution in [2.45, 2.75) is 38.3 Å². The van der Waals surface area contributed by atoms with Gasteiger partial charge in [0.2, 0.25) is 5.91 Å². The van der Waals surface area contributed by atoms with Crippen LogP contribution in [0, 0.1) is 0 Å². The molecule has 0 bridgehead atoms. The molecule has 2 fully saturated rings. The quantitative estimate of drug-likeness (QED) is 0.862. The van der Waals surface area contributed by atoms with E-state index in [-0.39, 0.29) is 11.8 Å². The van der Waals surface area contributed by atoms with Crippen molar-refractivity contribution in [3.63, 3.8) is 0 Å². The summed E-state index contributed by atoms with van der Waals surface area (Å²) in [5, 5.41) is 7.83. The molecule has 3 rings (SSSR count). The number of amides is 2. The molecular formula is C16H25N5O2. The van der Waals surface area contributed by atoms with Gasteiger partial charge in [0, 0.05) is 32.9 Å². The number of piperidine rings is 1. The van der Waals surface area contributed by atoms with Crippen LogP contribution in [0.25, 0.3) is 0 Å². The Bertz CT molecular complexity index is 603. The van der Waals surface area contributed by atoms with Crippen LogP contribution in [0.3, 0.4) is 0 Å². The smallest absolute Gasteiger partial charge is 0.275 e. The largest absolute Gasteiger partial charge is 0.342 e. The topological polar surface area (TPSA) is 70.5 Å². The Morgan fingerprint density at radius 2 is 2.17 bits per heavy atom. The molecule has 7 heteroatoms. The molecular weight excluding hydrogens is 294 g/mol. The number of rotatable bonds is 2. The summed E-state index contributed by atoms with van der Waals surface area (Å²) in [7, 11) is 1.77. The highest BCUT2D eigenvalue weighted by molar-refractivity contribution is 5.98. The molecule has 0 aromatic carbocycles. The fraction of sp³-hybridized carbons (Fsp3) is 0.688. The second-order valence-corrected chi connectivity index (χ2v) is 6.92. The Labute approximate surface area is 136 Å². The van der Waals surface area contributed by atoms with Gasteiger partial charge in [-0.05, 0) is 39.3 Å². The van der Waals surface area contributed by atoms with Gasteiger partial charge in [0.25, 0.3) is 5.91 Å². The molecule has 23 heavy (non-hydrogen) atoms. The van der Waals surface area contributed by atoms with Gasteiger partial charge in [-0.3, -0.25) is 14.3 Å². The molecule has 1 aromatic rings. The monoisotopic (exact) mass is 319 g/mol. The van der Waals surface area contributed by atoms with E-state index in [0.717, 1.165) is 25.9 Å². The average Bonchev–Trinajstić information content (AvgIpc) is 3.03. The van der Waals surface area contributed by atoms with Crippen LogP contribution in [0.5, 0.6) is 0 Å². The van der Waals surface area contributed by atoms with E-state index in [2.05, 4.69) is 10.4 Å². The van der Waals surface area contributed by atoms with Gasteiger partial charge in [-0.2, -0.15) is 5.10 Å². The van der Waals surface area contributed by atoms with E-state index in [1.807, 2.05) is 10.9 Å². The highest BCUT2D eigenvalue weighted by Gasteiger charge is 2.43. The molecule has 7 nitrogen and oxygen atoms in total. The van der Waals surface area contributed by atoms with Crippen LogP contribution in [0.15, 0.2) is 12.3 Å². The summed E-state index contributed by atoms with van der Waals surface area (Å²) in [4.78, 5) is 28.5. The van der Waals surface area contributed by atoms with E-state index in [4.69, 9.17) is 0 Å². The molecule has 0 aliphatic carbocycles. The van der Waals surface area contributed by atoms with Gasteiger partial charge in [0.1, 0.15) is 11.2 Å². The van der Waals surface area contributed by atoms with E-state index in [9.17, 15) is 9.59 Å². The van der Waals surface area contributed by atoms with E-state index < -0.39 is 5.54 Å². The predicted molar refractivity (Wildman–Crippen MR) is 86.1 cm³/mol. The molecule has 1 atom stereocenters. The molecule has 2 aliphatic heterocycles. The van der Waals surface area contributed by atoms with Crippen molar-refractivity contribution in [2.24, 2.45) is 0 Å². The lowest BCUT2D eigenvalue weighted by molar-refractivity contribution is -0.144. The molecule has 1 unspecified atom stereocenters. The van der Waals surface area contributed by atoms with Crippen molar-refractivity contribution in [1.29, 1.82) is 0 Å². The van der Waals surface area contributed by atoms with E-state index in [1.54, 1.807) is 36.8 Å². The van der Waals surface area contributed by atoms with Crippen molar-refractivity contribution in [2.75, 3.05) is 33.2 Å². The number of piperazine rings is 1. The second kappa shape index (κ2) is 5.96. The van der Waals surface area contributed by atoms with Gasteiger partial charge in [0.15, 0.2) is 0 Å². The SMILES string of the molecule is CN1CCN(C(=O)c2ccn(C3CCCNC3)n2)C(C)(C)C1=O. The van der Waals surface area contributed by atoms with E-state index in [0.29, 0.717) is 24.8 Å². The normalized spacial score (nSPS) is 24.8. The Hall–Kier alpha value is -1.89. The Morgan fingerprint density at radius 3 is 2.87 bits per heavy atom. The maximum atomic E-state index is 12.8. The number of carbonyl (C=O) groups excluding carboxylic acids is 2. The standard InChI is InChI=1S/C16H25N5O2/c1-16(2)15(23)19(3)9-10-20(16)14(22)13-6-8-21(18-13)12-5-4-7-17-11-12/h6,8,12,17H,4-5,7,9-11H2,1-3H3. The van der Waals surface area contributed by atoms with E-state index >= 15 is 0 Å². The first-order chi connectivity index (χ1) is 10.9. The molecule has 0 saturated carbocycles. The molecule has 2 aliphatic rings. The lowest BCUT2D eigenvalue weighted by Gasteiger charge is -2.44. The third-order valence-corrected chi connectivity index (χ3v) is 4.92. The molecule has 0 radical (unpaired) electrons. The van der Waals surface area contributed by atoms with Crippen LogP contribution in [-0.4, -0.2) is 70.2 Å². The van der Waals surface area contributed by atoms with Crippen LogP contribution in [-0.2, 0) is 4.79 Å². The van der Waals surface area contributed by atoms with Crippen molar-refractivity contribution < 1.29 is 9.59 Å². The van der Waals surface area contributed by atoms with Crippen molar-refractivity contribution >= 4 is 11.8 Å². The molecule has 3 heterocycles. The van der Waals surface area contributed by atoms with Crippen LogP contribution in [0.4, 0.5) is 0 Å². The first kappa shape index (κ1) is 16.0. The van der Waals surface area contributed by atoms with Crippen LogP contribution in [0.1, 0.15) is 43.2 Å². The summed E-state index contributed by atoms with van der Waals surface area (Å²) < 4.78 is 1.88. The third-order valence-electron chi connectivity index (χ3n) is 4.92. The number of hydrogen-bond acceptors (Lipinski definition) is 4. The summed E-state index contributed by atoms with van der Waals surface area (Å²) >= 11 is 0. The number of carbonyl (C=O) groups is 2. The zero-order valence-corrected chi connectivity index (χ0v) is 14.1. The molecule has 1 aromatic heterocycles.